The molecule has 1 N–H and O–H groups in total. The summed E-state index contributed by atoms with van der Waals surface area (Å²) in [7, 11) is 1.56. The van der Waals surface area contributed by atoms with E-state index in [0.717, 1.165) is 0 Å². The second-order valence-corrected chi connectivity index (χ2v) is 6.93. The maximum absolute atomic E-state index is 13.9. The van der Waals surface area contributed by atoms with E-state index in [1.807, 2.05) is 4.90 Å². The molecule has 1 fully saturated rings. The smallest absolute Gasteiger partial charge is 0.326 e. The van der Waals surface area contributed by atoms with Crippen LogP contribution in [0.15, 0.2) is 48.8 Å². The van der Waals surface area contributed by atoms with Crippen LogP contribution in [0.1, 0.15) is 10.4 Å². The molecule has 0 saturated carbocycles. The number of hydrogen-bond donors (Lipinski definition) is 1. The van der Waals surface area contributed by atoms with Crippen LogP contribution in [0.25, 0.3) is 0 Å². The van der Waals surface area contributed by atoms with Gasteiger partial charge in [-0.2, -0.15) is 9.97 Å². The summed E-state index contributed by atoms with van der Waals surface area (Å²) in [4.78, 5) is 26.1. The van der Waals surface area contributed by atoms with Gasteiger partial charge in [-0.25, -0.2) is 9.37 Å². The van der Waals surface area contributed by atoms with Crippen molar-refractivity contribution in [1.29, 1.82) is 0 Å². The van der Waals surface area contributed by atoms with Crippen molar-refractivity contribution in [1.82, 2.24) is 20.3 Å². The summed E-state index contributed by atoms with van der Waals surface area (Å²) in [6.45, 7) is 0.968. The minimum absolute atomic E-state index is 0.0992. The molecule has 1 aliphatic rings. The van der Waals surface area contributed by atoms with Crippen LogP contribution in [0.2, 0.25) is 5.02 Å². The first-order chi connectivity index (χ1) is 14.5. The van der Waals surface area contributed by atoms with Gasteiger partial charge in [-0.15, -0.1) is 0 Å². The summed E-state index contributed by atoms with van der Waals surface area (Å²) in [6.07, 6.45) is 1.14. The quantitative estimate of drug-likeness (QED) is 0.644. The lowest BCUT2D eigenvalue weighted by Gasteiger charge is -2.38. The number of nitrogens with one attached hydrogen (secondary N) is 1. The number of carbonyl (C=O) groups is 1. The van der Waals surface area contributed by atoms with Gasteiger partial charge in [0.1, 0.15) is 18.2 Å². The molecule has 0 spiro atoms. The van der Waals surface area contributed by atoms with Crippen LogP contribution in [-0.2, 0) is 0 Å². The number of ether oxygens (including phenoxy) is 2. The van der Waals surface area contributed by atoms with Gasteiger partial charge in [0.15, 0.2) is 11.6 Å². The lowest BCUT2D eigenvalue weighted by Crippen LogP contribution is -2.54. The Kier molecular flexibility index (Phi) is 5.62. The molecule has 2 aromatic carbocycles. The van der Waals surface area contributed by atoms with Crippen molar-refractivity contribution in [3.63, 3.8) is 0 Å². The number of nitrogens with zero attached hydrogens (tertiary/aromatic N) is 4. The summed E-state index contributed by atoms with van der Waals surface area (Å²) in [5.74, 6) is 0.270. The number of halogens is 2. The van der Waals surface area contributed by atoms with Gasteiger partial charge in [-0.3, -0.25) is 4.79 Å². The van der Waals surface area contributed by atoms with E-state index in [2.05, 4.69) is 20.3 Å². The Hall–Kier alpha value is -3.46. The van der Waals surface area contributed by atoms with Gasteiger partial charge in [-0.1, -0.05) is 17.7 Å². The average Bonchev–Trinajstić information content (AvgIpc) is 2.71. The Morgan fingerprint density at radius 3 is 2.83 bits per heavy atom. The van der Waals surface area contributed by atoms with Crippen LogP contribution >= 0.6 is 11.6 Å². The molecule has 0 bridgehead atoms. The Morgan fingerprint density at radius 2 is 2.07 bits per heavy atom. The fourth-order valence-electron chi connectivity index (χ4n) is 2.85. The molecule has 3 aromatic rings. The molecule has 1 aliphatic heterocycles. The van der Waals surface area contributed by atoms with Crippen LogP contribution < -0.4 is 19.7 Å². The first kappa shape index (κ1) is 19.8. The van der Waals surface area contributed by atoms with Gasteiger partial charge >= 0.3 is 6.01 Å². The largest absolute Gasteiger partial charge is 0.484 e. The molecule has 4 rings (SSSR count). The third-order valence-corrected chi connectivity index (χ3v) is 4.62. The molecule has 0 aliphatic carbocycles. The van der Waals surface area contributed by atoms with Gasteiger partial charge in [-0.05, 0) is 36.4 Å². The molecular weight excluding hydrogens is 413 g/mol. The predicted octanol–water partition coefficient (Wildman–Crippen LogP) is 3.08. The highest BCUT2D eigenvalue weighted by molar-refractivity contribution is 6.30. The van der Waals surface area contributed by atoms with Crippen LogP contribution in [-0.4, -0.2) is 47.1 Å². The van der Waals surface area contributed by atoms with E-state index in [4.69, 9.17) is 21.1 Å². The number of anilines is 1. The second kappa shape index (κ2) is 8.50. The fraction of sp³-hybridized carbons (Fsp3) is 0.200. The van der Waals surface area contributed by atoms with E-state index < -0.39 is 5.82 Å². The maximum atomic E-state index is 13.9. The third kappa shape index (κ3) is 4.41. The van der Waals surface area contributed by atoms with Crippen molar-refractivity contribution in [3.05, 3.63) is 65.2 Å². The van der Waals surface area contributed by atoms with Crippen LogP contribution in [0, 0.1) is 5.82 Å². The molecule has 0 unspecified atom stereocenters. The summed E-state index contributed by atoms with van der Waals surface area (Å²) < 4.78 is 25.2. The first-order valence-corrected chi connectivity index (χ1v) is 9.45. The lowest BCUT2D eigenvalue weighted by molar-refractivity contribution is 0.0962. The van der Waals surface area contributed by atoms with Crippen molar-refractivity contribution >= 4 is 23.5 Å². The van der Waals surface area contributed by atoms with E-state index in [1.165, 1.54) is 18.5 Å². The standard InChI is InChI=1S/C20H17ClFN5O3/c1-23-18(28)12-3-2-4-14(7-12)30-20-25-11-24-19(26-20)27-9-15(10-27)29-17-6-5-13(21)8-16(17)22/h2-8,11,15H,9-10H2,1H3,(H,23,28). The summed E-state index contributed by atoms with van der Waals surface area (Å²) >= 11 is 5.75. The summed E-state index contributed by atoms with van der Waals surface area (Å²) in [6, 6.07) is 11.1. The number of benzene rings is 2. The molecule has 0 radical (unpaired) electrons. The molecule has 0 atom stereocenters. The number of carbonyl (C=O) groups excluding carboxylic acids is 1. The van der Waals surface area contributed by atoms with E-state index in [-0.39, 0.29) is 23.8 Å². The van der Waals surface area contributed by atoms with Crippen molar-refractivity contribution in [3.8, 4) is 17.5 Å². The minimum Gasteiger partial charge on any atom is -0.484 e. The van der Waals surface area contributed by atoms with Crippen molar-refractivity contribution < 1.29 is 18.7 Å². The van der Waals surface area contributed by atoms with E-state index in [9.17, 15) is 9.18 Å². The number of rotatable bonds is 6. The van der Waals surface area contributed by atoms with Gasteiger partial charge < -0.3 is 19.7 Å². The normalized spacial score (nSPS) is 13.5. The lowest BCUT2D eigenvalue weighted by atomic mass is 10.2. The maximum Gasteiger partial charge on any atom is 0.326 e. The highest BCUT2D eigenvalue weighted by atomic mass is 35.5. The Labute approximate surface area is 176 Å². The molecule has 1 amide bonds. The number of hydrogen-bond acceptors (Lipinski definition) is 7. The van der Waals surface area contributed by atoms with E-state index in [1.54, 1.807) is 37.4 Å². The molecule has 30 heavy (non-hydrogen) atoms. The fourth-order valence-corrected chi connectivity index (χ4v) is 3.01. The first-order valence-electron chi connectivity index (χ1n) is 9.07. The zero-order valence-corrected chi connectivity index (χ0v) is 16.6. The topological polar surface area (TPSA) is 89.5 Å². The highest BCUT2D eigenvalue weighted by Gasteiger charge is 2.31. The molecule has 2 heterocycles. The Morgan fingerprint density at radius 1 is 1.23 bits per heavy atom. The van der Waals surface area contributed by atoms with E-state index >= 15 is 0 Å². The van der Waals surface area contributed by atoms with Crippen LogP contribution in [0.5, 0.6) is 17.5 Å². The predicted molar refractivity (Wildman–Crippen MR) is 108 cm³/mol. The summed E-state index contributed by atoms with van der Waals surface area (Å²) in [5, 5.41) is 2.87. The van der Waals surface area contributed by atoms with Crippen molar-refractivity contribution in [2.75, 3.05) is 25.0 Å². The zero-order valence-electron chi connectivity index (χ0n) is 15.9. The van der Waals surface area contributed by atoms with Gasteiger partial charge in [0, 0.05) is 17.6 Å². The van der Waals surface area contributed by atoms with Gasteiger partial charge in [0.2, 0.25) is 5.95 Å². The summed E-state index contributed by atoms with van der Waals surface area (Å²) in [5.41, 5.74) is 0.460. The molecule has 1 saturated heterocycles. The number of amides is 1. The highest BCUT2D eigenvalue weighted by Crippen LogP contribution is 2.26. The number of aromatic nitrogens is 3. The van der Waals surface area contributed by atoms with E-state index in [0.29, 0.717) is 35.4 Å². The minimum atomic E-state index is -0.504. The zero-order chi connectivity index (χ0) is 21.1. The SMILES string of the molecule is CNC(=O)c1cccc(Oc2ncnc(N3CC(Oc4ccc(Cl)cc4F)C3)n2)c1. The Balaban J connectivity index is 1.38. The van der Waals surface area contributed by atoms with Crippen LogP contribution in [0.3, 0.4) is 0 Å². The Bertz CT molecular complexity index is 1080. The average molecular weight is 430 g/mol. The molecular formula is C20H17ClFN5O3. The van der Waals surface area contributed by atoms with Crippen LogP contribution in [0.4, 0.5) is 10.3 Å². The van der Waals surface area contributed by atoms with Crippen molar-refractivity contribution in [2.24, 2.45) is 0 Å². The molecule has 10 heteroatoms. The molecule has 8 nitrogen and oxygen atoms in total. The second-order valence-electron chi connectivity index (χ2n) is 6.50. The molecule has 1 aromatic heterocycles. The van der Waals surface area contributed by atoms with Gasteiger partial charge in [0.25, 0.3) is 5.91 Å². The van der Waals surface area contributed by atoms with Crippen molar-refractivity contribution in [2.45, 2.75) is 6.10 Å². The monoisotopic (exact) mass is 429 g/mol. The third-order valence-electron chi connectivity index (χ3n) is 4.39. The molecule has 154 valence electrons. The van der Waals surface area contributed by atoms with Gasteiger partial charge in [0.05, 0.1) is 13.1 Å².